The predicted molar refractivity (Wildman–Crippen MR) is 161 cm³/mol. The number of carbonyl (C=O) groups excluding carboxylic acids is 6. The molecule has 9 N–H and O–H groups in total. The first-order valence-electron chi connectivity index (χ1n) is 14.2. The van der Waals surface area contributed by atoms with E-state index < -0.39 is 96.2 Å². The minimum Gasteiger partial charge on any atom is -0.508 e. The van der Waals surface area contributed by atoms with Crippen molar-refractivity contribution in [3.05, 3.63) is 29.8 Å². The maximum atomic E-state index is 13.4. The Labute approximate surface area is 265 Å². The highest BCUT2D eigenvalue weighted by molar-refractivity contribution is 5.97. The first-order chi connectivity index (χ1) is 21.3. The zero-order valence-corrected chi connectivity index (χ0v) is 26.3. The molecule has 0 bridgehead atoms. The Hall–Kier alpha value is -5.06. The van der Waals surface area contributed by atoms with Crippen molar-refractivity contribution in [1.82, 2.24) is 31.9 Å². The Balaban J connectivity index is 3.17. The van der Waals surface area contributed by atoms with Gasteiger partial charge in [0, 0.05) is 6.42 Å². The van der Waals surface area contributed by atoms with Gasteiger partial charge in [-0.2, -0.15) is 0 Å². The molecule has 0 aliphatic rings. The monoisotopic (exact) mass is 650 g/mol. The highest BCUT2D eigenvalue weighted by Gasteiger charge is 2.35. The fraction of sp³-hybridized carbons (Fsp3) is 0.517. The summed E-state index contributed by atoms with van der Waals surface area (Å²) in [6, 6.07) is -0.0347. The molecule has 254 valence electrons. The number of phenols is 1. The van der Waals surface area contributed by atoms with Gasteiger partial charge in [0.25, 0.3) is 0 Å². The highest BCUT2D eigenvalue weighted by atomic mass is 16.4. The van der Waals surface area contributed by atoms with Crippen LogP contribution in [0.25, 0.3) is 0 Å². The molecular formula is C29H42N6O11. The van der Waals surface area contributed by atoms with E-state index in [2.05, 4.69) is 31.9 Å². The Morgan fingerprint density at radius 1 is 0.696 bits per heavy atom. The predicted octanol–water partition coefficient (Wildman–Crippen LogP) is -2.21. The number of carboxylic acid groups (broad SMARTS) is 2. The summed E-state index contributed by atoms with van der Waals surface area (Å²) in [6.45, 7) is 5.36. The van der Waals surface area contributed by atoms with E-state index in [1.807, 2.05) is 0 Å². The summed E-state index contributed by atoms with van der Waals surface area (Å²) in [5.41, 5.74) is -0.294. The molecule has 1 aromatic carbocycles. The highest BCUT2D eigenvalue weighted by Crippen LogP contribution is 2.20. The van der Waals surface area contributed by atoms with Crippen molar-refractivity contribution in [1.29, 1.82) is 0 Å². The van der Waals surface area contributed by atoms with E-state index in [0.29, 0.717) is 5.56 Å². The van der Waals surface area contributed by atoms with Crippen molar-refractivity contribution in [2.75, 3.05) is 20.1 Å². The van der Waals surface area contributed by atoms with Crippen molar-refractivity contribution < 1.29 is 53.7 Å². The Kier molecular flexibility index (Phi) is 15.3. The molecule has 0 aliphatic heterocycles. The number of nitrogens with one attached hydrogen (secondary N) is 6. The molecule has 5 amide bonds. The second-order valence-electron chi connectivity index (χ2n) is 11.5. The lowest BCUT2D eigenvalue weighted by atomic mass is 9.84. The second kappa shape index (κ2) is 18.0. The number of benzene rings is 1. The summed E-state index contributed by atoms with van der Waals surface area (Å²) in [5, 5.41) is 42.2. The van der Waals surface area contributed by atoms with Gasteiger partial charge in [-0.25, -0.2) is 0 Å². The van der Waals surface area contributed by atoms with Crippen LogP contribution in [0.4, 0.5) is 0 Å². The van der Waals surface area contributed by atoms with Gasteiger partial charge in [-0.1, -0.05) is 32.9 Å². The molecule has 17 nitrogen and oxygen atoms in total. The van der Waals surface area contributed by atoms with Crippen LogP contribution in [-0.2, 0) is 44.8 Å². The number of likely N-dealkylation sites (N-methyl/N-ethyl adjacent to an activating group) is 1. The molecule has 17 heteroatoms. The number of aliphatic carboxylic acids is 2. The Morgan fingerprint density at radius 2 is 1.17 bits per heavy atom. The van der Waals surface area contributed by atoms with Crippen molar-refractivity contribution in [2.45, 2.75) is 71.1 Å². The number of phenolic OH excluding ortho intramolecular Hbond substituents is 1. The number of hydrogen-bond acceptors (Lipinski definition) is 10. The third kappa shape index (κ3) is 14.1. The van der Waals surface area contributed by atoms with Gasteiger partial charge in [0.1, 0.15) is 23.9 Å². The lowest BCUT2D eigenvalue weighted by molar-refractivity contribution is -0.142. The first kappa shape index (κ1) is 39.0. The Morgan fingerprint density at radius 3 is 1.65 bits per heavy atom. The van der Waals surface area contributed by atoms with Gasteiger partial charge in [-0.05, 0) is 37.1 Å². The Bertz CT molecular complexity index is 1290. The summed E-state index contributed by atoms with van der Waals surface area (Å²) >= 11 is 0. The average Bonchev–Trinajstić information content (AvgIpc) is 2.93. The topological polar surface area (TPSA) is 269 Å². The third-order valence-electron chi connectivity index (χ3n) is 6.39. The number of carbonyl (C=O) groups is 8. The van der Waals surface area contributed by atoms with E-state index in [1.54, 1.807) is 20.8 Å². The van der Waals surface area contributed by atoms with E-state index in [9.17, 15) is 48.6 Å². The standard InChI is InChI=1S/C29H42N6O11/c1-15(36)25(29(2,3)4)35-28(46)20(12-24(42)43)34-27(45)18(10-16-6-8-17(37)9-7-16)32-22(39)14-31-26(44)19(11-23(40)41)33-21(38)13-30-5/h6-9,18-20,25,30,37H,10-14H2,1-5H3,(H,31,44)(H,32,39)(H,33,38)(H,34,45)(H,35,46)(H,40,41)(H,42,43)/t18-,19-,20-,25+/m0/s1. The number of rotatable bonds is 18. The summed E-state index contributed by atoms with van der Waals surface area (Å²) in [7, 11) is 1.46. The summed E-state index contributed by atoms with van der Waals surface area (Å²) in [6.07, 6.45) is -1.83. The van der Waals surface area contributed by atoms with Crippen LogP contribution in [0.2, 0.25) is 0 Å². The quantitative estimate of drug-likeness (QED) is 0.0819. The number of aromatic hydroxyl groups is 1. The van der Waals surface area contributed by atoms with E-state index in [-0.39, 0.29) is 18.7 Å². The zero-order valence-electron chi connectivity index (χ0n) is 26.3. The fourth-order valence-electron chi connectivity index (χ4n) is 4.23. The second-order valence-corrected chi connectivity index (χ2v) is 11.5. The van der Waals surface area contributed by atoms with E-state index >= 15 is 0 Å². The maximum Gasteiger partial charge on any atom is 0.305 e. The molecule has 0 aromatic heterocycles. The lowest BCUT2D eigenvalue weighted by Crippen LogP contribution is -2.59. The molecule has 1 aromatic rings. The average molecular weight is 651 g/mol. The minimum absolute atomic E-state index is 0.0775. The van der Waals surface area contributed by atoms with Gasteiger partial charge < -0.3 is 47.2 Å². The molecule has 1 rings (SSSR count). The molecule has 0 radical (unpaired) electrons. The van der Waals surface area contributed by atoms with Crippen molar-refractivity contribution in [3.63, 3.8) is 0 Å². The van der Waals surface area contributed by atoms with Crippen LogP contribution < -0.4 is 31.9 Å². The molecule has 46 heavy (non-hydrogen) atoms. The number of carboxylic acids is 2. The van der Waals surface area contributed by atoms with Crippen molar-refractivity contribution >= 4 is 47.3 Å². The molecule has 0 saturated carbocycles. The third-order valence-corrected chi connectivity index (χ3v) is 6.39. The van der Waals surface area contributed by atoms with Crippen LogP contribution >= 0.6 is 0 Å². The van der Waals surface area contributed by atoms with Crippen LogP contribution in [0.3, 0.4) is 0 Å². The molecule has 0 spiro atoms. The molecule has 4 atom stereocenters. The van der Waals surface area contributed by atoms with Gasteiger partial charge in [-0.15, -0.1) is 0 Å². The number of Topliss-reactive ketones (excluding diaryl/α,β-unsaturated/α-hetero) is 1. The minimum atomic E-state index is -1.65. The lowest BCUT2D eigenvalue weighted by Gasteiger charge is -2.31. The van der Waals surface area contributed by atoms with E-state index in [1.165, 1.54) is 38.2 Å². The summed E-state index contributed by atoms with van der Waals surface area (Å²) < 4.78 is 0. The number of hydrogen-bond donors (Lipinski definition) is 9. The smallest absolute Gasteiger partial charge is 0.305 e. The largest absolute Gasteiger partial charge is 0.508 e. The first-order valence-corrected chi connectivity index (χ1v) is 14.2. The SMILES string of the molecule is CNCC(=O)N[C@@H](CC(=O)O)C(=O)NCC(=O)N[C@@H](Cc1ccc(O)cc1)C(=O)N[C@@H](CC(=O)O)C(=O)N[C@H](C(C)=O)C(C)(C)C. The summed E-state index contributed by atoms with van der Waals surface area (Å²) in [4.78, 5) is 98.7. The molecule has 0 saturated heterocycles. The van der Waals surface area contributed by atoms with E-state index in [4.69, 9.17) is 5.11 Å². The van der Waals surface area contributed by atoms with Crippen molar-refractivity contribution in [2.24, 2.45) is 5.41 Å². The van der Waals surface area contributed by atoms with Crippen LogP contribution in [-0.4, -0.2) is 107 Å². The van der Waals surface area contributed by atoms with E-state index in [0.717, 1.165) is 0 Å². The number of amides is 5. The maximum absolute atomic E-state index is 13.4. The zero-order chi connectivity index (χ0) is 35.2. The van der Waals surface area contributed by atoms with Gasteiger partial charge in [0.2, 0.25) is 29.5 Å². The molecule has 0 fully saturated rings. The fourth-order valence-corrected chi connectivity index (χ4v) is 4.23. The normalized spacial score (nSPS) is 13.6. The number of ketones is 1. The van der Waals surface area contributed by atoms with Crippen molar-refractivity contribution in [3.8, 4) is 5.75 Å². The van der Waals surface area contributed by atoms with Gasteiger partial charge in [0.05, 0.1) is 32.0 Å². The van der Waals surface area contributed by atoms with Crippen LogP contribution in [0.15, 0.2) is 24.3 Å². The van der Waals surface area contributed by atoms with Crippen LogP contribution in [0, 0.1) is 5.41 Å². The molecule has 0 heterocycles. The molecule has 0 unspecified atom stereocenters. The van der Waals surface area contributed by atoms with Crippen LogP contribution in [0.1, 0.15) is 46.1 Å². The summed E-state index contributed by atoms with van der Waals surface area (Å²) in [5.74, 6) is -7.81. The van der Waals surface area contributed by atoms with Gasteiger partial charge >= 0.3 is 11.9 Å². The van der Waals surface area contributed by atoms with Crippen LogP contribution in [0.5, 0.6) is 5.75 Å². The van der Waals surface area contributed by atoms with Gasteiger partial charge in [0.15, 0.2) is 5.78 Å². The molecule has 0 aliphatic carbocycles. The van der Waals surface area contributed by atoms with Gasteiger partial charge in [-0.3, -0.25) is 38.4 Å². The molecular weight excluding hydrogens is 608 g/mol.